The molecule has 2 aliphatic heterocycles. The average Bonchev–Trinajstić information content (AvgIpc) is 2.27. The maximum absolute atomic E-state index is 11.9. The molecular weight excluding hydrogens is 202 g/mol. The van der Waals surface area contributed by atoms with Crippen LogP contribution in [0.15, 0.2) is 0 Å². The number of nitrogens with zero attached hydrogens (tertiary/aromatic N) is 2. The average molecular weight is 225 g/mol. The quantitative estimate of drug-likeness (QED) is 0.742. The van der Waals surface area contributed by atoms with Crippen LogP contribution in [-0.2, 0) is 4.79 Å². The predicted octanol–water partition coefficient (Wildman–Crippen LogP) is 0.149. The summed E-state index contributed by atoms with van der Waals surface area (Å²) in [5.41, 5.74) is 0. The Morgan fingerprint density at radius 1 is 1.44 bits per heavy atom. The van der Waals surface area contributed by atoms with E-state index >= 15 is 0 Å². The monoisotopic (exact) mass is 225 g/mol. The molecule has 2 saturated heterocycles. The summed E-state index contributed by atoms with van der Waals surface area (Å²) in [6.45, 7) is 4.03. The number of hydrogen-bond acceptors (Lipinski definition) is 3. The van der Waals surface area contributed by atoms with Crippen molar-refractivity contribution < 1.29 is 4.79 Å². The molecule has 2 fully saturated rings. The summed E-state index contributed by atoms with van der Waals surface area (Å²) in [6.07, 6.45) is 2.95. The van der Waals surface area contributed by atoms with E-state index in [4.69, 9.17) is 0 Å². The summed E-state index contributed by atoms with van der Waals surface area (Å²) in [4.78, 5) is 16.2. The molecule has 4 nitrogen and oxygen atoms in total. The van der Waals surface area contributed by atoms with Crippen LogP contribution in [0.5, 0.6) is 0 Å². The third-order valence-corrected chi connectivity index (χ3v) is 3.81. The molecule has 1 N–H and O–H groups in total. The molecular formula is C12H23N3O. The normalized spacial score (nSPS) is 30.7. The number of rotatable bonds is 3. The Bertz CT molecular complexity index is 255. The first-order chi connectivity index (χ1) is 7.68. The zero-order valence-corrected chi connectivity index (χ0v) is 10.4. The maximum Gasteiger partial charge on any atom is 0.222 e. The van der Waals surface area contributed by atoms with E-state index < -0.39 is 0 Å². The lowest BCUT2D eigenvalue weighted by molar-refractivity contribution is -0.139. The highest BCUT2D eigenvalue weighted by molar-refractivity contribution is 5.77. The molecule has 2 rings (SSSR count). The van der Waals surface area contributed by atoms with Gasteiger partial charge in [-0.3, -0.25) is 4.79 Å². The molecule has 0 bridgehead atoms. The Hall–Kier alpha value is -0.610. The zero-order chi connectivity index (χ0) is 11.5. The van der Waals surface area contributed by atoms with Crippen LogP contribution >= 0.6 is 0 Å². The molecule has 92 valence electrons. The molecule has 0 saturated carbocycles. The highest BCUT2D eigenvalue weighted by Gasteiger charge is 2.36. The third kappa shape index (κ3) is 2.55. The fourth-order valence-electron chi connectivity index (χ4n) is 2.85. The SMILES string of the molecule is CN(C)CCN1C(=O)CCC2CNCCC21. The molecule has 0 aliphatic carbocycles. The van der Waals surface area contributed by atoms with E-state index in [0.717, 1.165) is 45.4 Å². The molecule has 2 heterocycles. The highest BCUT2D eigenvalue weighted by Crippen LogP contribution is 2.28. The second-order valence-electron chi connectivity index (χ2n) is 5.25. The van der Waals surface area contributed by atoms with Crippen molar-refractivity contribution in [1.29, 1.82) is 0 Å². The van der Waals surface area contributed by atoms with Crippen molar-refractivity contribution in [3.8, 4) is 0 Å². The number of likely N-dealkylation sites (N-methyl/N-ethyl adjacent to an activating group) is 1. The Labute approximate surface area is 98.0 Å². The Kier molecular flexibility index (Phi) is 3.82. The van der Waals surface area contributed by atoms with Crippen molar-refractivity contribution in [2.75, 3.05) is 40.3 Å². The molecule has 0 aromatic carbocycles. The van der Waals surface area contributed by atoms with Crippen molar-refractivity contribution in [3.05, 3.63) is 0 Å². The second kappa shape index (κ2) is 5.15. The minimum Gasteiger partial charge on any atom is -0.338 e. The highest BCUT2D eigenvalue weighted by atomic mass is 16.2. The summed E-state index contributed by atoms with van der Waals surface area (Å²) < 4.78 is 0. The predicted molar refractivity (Wildman–Crippen MR) is 64.3 cm³/mol. The van der Waals surface area contributed by atoms with Gasteiger partial charge in [-0.05, 0) is 45.9 Å². The van der Waals surface area contributed by atoms with Crippen molar-refractivity contribution in [3.63, 3.8) is 0 Å². The number of piperidine rings is 2. The van der Waals surface area contributed by atoms with Gasteiger partial charge in [-0.2, -0.15) is 0 Å². The summed E-state index contributed by atoms with van der Waals surface area (Å²) in [5.74, 6) is 1.05. The largest absolute Gasteiger partial charge is 0.338 e. The smallest absolute Gasteiger partial charge is 0.222 e. The van der Waals surface area contributed by atoms with E-state index in [9.17, 15) is 4.79 Å². The van der Waals surface area contributed by atoms with E-state index in [2.05, 4.69) is 29.2 Å². The van der Waals surface area contributed by atoms with Crippen molar-refractivity contribution in [2.24, 2.45) is 5.92 Å². The van der Waals surface area contributed by atoms with Gasteiger partial charge in [-0.25, -0.2) is 0 Å². The lowest BCUT2D eigenvalue weighted by Gasteiger charge is -2.44. The van der Waals surface area contributed by atoms with Crippen LogP contribution in [0.1, 0.15) is 19.3 Å². The van der Waals surface area contributed by atoms with Gasteiger partial charge in [0.05, 0.1) is 0 Å². The number of fused-ring (bicyclic) bond motifs is 1. The molecule has 0 radical (unpaired) electrons. The molecule has 0 aromatic heterocycles. The molecule has 1 amide bonds. The minimum absolute atomic E-state index is 0.366. The summed E-state index contributed by atoms with van der Waals surface area (Å²) >= 11 is 0. The molecule has 16 heavy (non-hydrogen) atoms. The number of hydrogen-bond donors (Lipinski definition) is 1. The van der Waals surface area contributed by atoms with E-state index in [1.54, 1.807) is 0 Å². The van der Waals surface area contributed by atoms with Crippen LogP contribution in [0.25, 0.3) is 0 Å². The first-order valence-electron chi connectivity index (χ1n) is 6.33. The van der Waals surface area contributed by atoms with Gasteiger partial charge in [0, 0.05) is 25.6 Å². The molecule has 0 aromatic rings. The molecule has 2 aliphatic rings. The van der Waals surface area contributed by atoms with Crippen molar-refractivity contribution >= 4 is 5.91 Å². The lowest BCUT2D eigenvalue weighted by atomic mass is 9.84. The number of carbonyl (C=O) groups excluding carboxylic acids is 1. The summed E-state index contributed by atoms with van der Waals surface area (Å²) in [5, 5.41) is 3.44. The summed E-state index contributed by atoms with van der Waals surface area (Å²) in [6, 6.07) is 0.502. The van der Waals surface area contributed by atoms with Crippen LogP contribution in [0, 0.1) is 5.92 Å². The van der Waals surface area contributed by atoms with Crippen molar-refractivity contribution in [2.45, 2.75) is 25.3 Å². The van der Waals surface area contributed by atoms with Crippen molar-refractivity contribution in [1.82, 2.24) is 15.1 Å². The van der Waals surface area contributed by atoms with Gasteiger partial charge in [0.1, 0.15) is 0 Å². The third-order valence-electron chi connectivity index (χ3n) is 3.81. The number of likely N-dealkylation sites (tertiary alicyclic amines) is 1. The number of nitrogens with one attached hydrogen (secondary N) is 1. The maximum atomic E-state index is 11.9. The van der Waals surface area contributed by atoms with Gasteiger partial charge in [0.15, 0.2) is 0 Å². The van der Waals surface area contributed by atoms with E-state index in [0.29, 0.717) is 17.9 Å². The zero-order valence-electron chi connectivity index (χ0n) is 10.4. The first kappa shape index (κ1) is 11.9. The standard InChI is InChI=1S/C12H23N3O/c1-14(2)7-8-15-11-5-6-13-9-10(11)3-4-12(15)16/h10-11,13H,3-9H2,1-2H3. The van der Waals surface area contributed by atoms with Crippen LogP contribution in [0.3, 0.4) is 0 Å². The molecule has 4 heteroatoms. The van der Waals surface area contributed by atoms with E-state index in [1.165, 1.54) is 0 Å². The summed E-state index contributed by atoms with van der Waals surface area (Å²) in [7, 11) is 4.13. The fourth-order valence-corrected chi connectivity index (χ4v) is 2.85. The minimum atomic E-state index is 0.366. The fraction of sp³-hybridized carbons (Fsp3) is 0.917. The second-order valence-corrected chi connectivity index (χ2v) is 5.25. The Morgan fingerprint density at radius 2 is 2.25 bits per heavy atom. The van der Waals surface area contributed by atoms with Gasteiger partial charge in [-0.1, -0.05) is 0 Å². The van der Waals surface area contributed by atoms with Gasteiger partial charge < -0.3 is 15.1 Å². The number of carbonyl (C=O) groups is 1. The molecule has 2 unspecified atom stereocenters. The van der Waals surface area contributed by atoms with Crippen LogP contribution < -0.4 is 5.32 Å². The number of amides is 1. The topological polar surface area (TPSA) is 35.6 Å². The van der Waals surface area contributed by atoms with E-state index in [1.807, 2.05) is 0 Å². The van der Waals surface area contributed by atoms with Gasteiger partial charge >= 0.3 is 0 Å². The van der Waals surface area contributed by atoms with Crippen LogP contribution in [0.2, 0.25) is 0 Å². The first-order valence-corrected chi connectivity index (χ1v) is 6.33. The van der Waals surface area contributed by atoms with Crippen LogP contribution in [0.4, 0.5) is 0 Å². The lowest BCUT2D eigenvalue weighted by Crippen LogP contribution is -2.56. The van der Waals surface area contributed by atoms with E-state index in [-0.39, 0.29) is 0 Å². The van der Waals surface area contributed by atoms with Crippen LogP contribution in [-0.4, -0.2) is 62.0 Å². The van der Waals surface area contributed by atoms with Gasteiger partial charge in [0.2, 0.25) is 5.91 Å². The Balaban J connectivity index is 1.97. The van der Waals surface area contributed by atoms with Gasteiger partial charge in [0.25, 0.3) is 0 Å². The van der Waals surface area contributed by atoms with Gasteiger partial charge in [-0.15, -0.1) is 0 Å². The Morgan fingerprint density at radius 3 is 3.00 bits per heavy atom. The molecule has 0 spiro atoms. The molecule has 2 atom stereocenters.